The Morgan fingerprint density at radius 3 is 1.06 bits per heavy atom. The van der Waals surface area contributed by atoms with Crippen molar-refractivity contribution in [1.29, 1.82) is 0 Å². The standard InChI is InChI=1S/C54H78B2N14O12S2/c1-51(2,3)79-47(75)67-45(68-48(76)80-52(4,5)6)59-21-15-13-17-39(71)63-33-25-31(55)27-35(41(33)83-23-19-57)65-43(73)37-29-38(62-30-61-37)44(74)66-36-28-32(56)26-34(42(36)84-24-20-58)64-40(72)18-14-16-22-60-46(69-49(77)81-53(7,8)9)70-50(78)82-54(10,11)12/h25-30H,13-24,57-58H2,1-12H3,(H,63,71)(H,64,72)(H,65,73)(H,66,74)(H2,59,67,68,75,76)(H2,60,69,70,77,78). The first kappa shape index (κ1) is 70.8. The van der Waals surface area contributed by atoms with Crippen molar-refractivity contribution in [1.82, 2.24) is 31.2 Å². The molecule has 0 atom stereocenters. The number of amides is 8. The number of carbonyl (C=O) groups is 8. The number of aromatic nitrogens is 2. The van der Waals surface area contributed by atoms with Crippen molar-refractivity contribution >= 4 is 133 Å². The van der Waals surface area contributed by atoms with Gasteiger partial charge in [-0.05, 0) is 133 Å². The maximum atomic E-state index is 13.9. The topological polar surface area (TPSA) is 372 Å². The second-order valence-corrected chi connectivity index (χ2v) is 24.6. The molecule has 0 saturated heterocycles. The number of hydrogen-bond donors (Lipinski definition) is 10. The monoisotopic (exact) mass is 1200 g/mol. The summed E-state index contributed by atoms with van der Waals surface area (Å²) in [5.41, 5.74) is 9.45. The van der Waals surface area contributed by atoms with Crippen LogP contribution in [0.5, 0.6) is 0 Å². The molecule has 0 bridgehead atoms. The lowest BCUT2D eigenvalue weighted by Crippen LogP contribution is -2.47. The zero-order valence-electron chi connectivity index (χ0n) is 49.8. The molecule has 8 amide bonds. The molecule has 0 fully saturated rings. The number of benzene rings is 2. The predicted octanol–water partition coefficient (Wildman–Crippen LogP) is 5.70. The fourth-order valence-corrected chi connectivity index (χ4v) is 8.41. The van der Waals surface area contributed by atoms with Crippen molar-refractivity contribution in [3.8, 4) is 0 Å². The molecule has 1 aromatic heterocycles. The van der Waals surface area contributed by atoms with Gasteiger partial charge in [0.25, 0.3) is 11.8 Å². The molecule has 1 heterocycles. The van der Waals surface area contributed by atoms with Gasteiger partial charge in [0.2, 0.25) is 23.7 Å². The summed E-state index contributed by atoms with van der Waals surface area (Å²) < 4.78 is 21.1. The van der Waals surface area contributed by atoms with Gasteiger partial charge >= 0.3 is 24.4 Å². The van der Waals surface area contributed by atoms with E-state index < -0.39 is 70.4 Å². The van der Waals surface area contributed by atoms with Crippen LogP contribution in [0.25, 0.3) is 0 Å². The predicted molar refractivity (Wildman–Crippen MR) is 328 cm³/mol. The number of alkyl carbamates (subject to hydrolysis) is 4. The molecule has 3 aromatic rings. The van der Waals surface area contributed by atoms with Crippen LogP contribution < -0.4 is 64.9 Å². The Labute approximate surface area is 501 Å². The van der Waals surface area contributed by atoms with Crippen molar-refractivity contribution in [2.24, 2.45) is 21.5 Å². The lowest BCUT2D eigenvalue weighted by atomic mass is 9.95. The summed E-state index contributed by atoms with van der Waals surface area (Å²) in [4.78, 5) is 122. The molecule has 0 aliphatic carbocycles. The fraction of sp³-hybridized carbons (Fsp3) is 0.519. The number of rotatable bonds is 22. The van der Waals surface area contributed by atoms with Gasteiger partial charge in [0.15, 0.2) is 0 Å². The molecular weight excluding hydrogens is 1120 g/mol. The van der Waals surface area contributed by atoms with Gasteiger partial charge in [-0.15, -0.1) is 23.5 Å². The number of anilines is 4. The van der Waals surface area contributed by atoms with E-state index in [0.29, 0.717) is 58.4 Å². The molecule has 84 heavy (non-hydrogen) atoms. The largest absolute Gasteiger partial charge is 0.444 e. The van der Waals surface area contributed by atoms with Crippen LogP contribution in [-0.2, 0) is 28.5 Å². The first-order chi connectivity index (χ1) is 39.1. The number of aliphatic imine (C=N–C) groups is 2. The smallest absolute Gasteiger partial charge is 0.414 e. The van der Waals surface area contributed by atoms with Crippen molar-refractivity contribution in [3.63, 3.8) is 0 Å². The molecule has 30 heteroatoms. The highest BCUT2D eigenvalue weighted by Gasteiger charge is 2.25. The SMILES string of the molecule is [B]c1cc(NC(=O)CCCCN=C(NC(=O)OC(C)(C)C)NC(=O)OC(C)(C)C)c(SCCN)c(NC(=O)c2cc(C(=O)Nc3cc([B])cc(NC(=O)CCCCN=C(NC(=O)OC(C)(C)C)NC(=O)OC(C)(C)C)c3SCCN)ncn2)c1. The third kappa shape index (κ3) is 28.7. The number of unbranched alkanes of at least 4 members (excludes halogenated alkanes) is 2. The number of nitrogens with two attached hydrogens (primary N) is 2. The van der Waals surface area contributed by atoms with Crippen molar-refractivity contribution in [2.75, 3.05) is 59.0 Å². The van der Waals surface area contributed by atoms with Gasteiger partial charge in [0.05, 0.1) is 32.5 Å². The van der Waals surface area contributed by atoms with Crippen LogP contribution in [0, 0.1) is 0 Å². The summed E-state index contributed by atoms with van der Waals surface area (Å²) in [6, 6.07) is 7.24. The normalized spacial score (nSPS) is 11.4. The molecule has 0 spiro atoms. The fourth-order valence-electron chi connectivity index (χ4n) is 6.71. The Bertz CT molecular complexity index is 2640. The van der Waals surface area contributed by atoms with Gasteiger partial charge in [0, 0.05) is 56.6 Å². The molecule has 2 aromatic carbocycles. The Balaban J connectivity index is 1.74. The third-order valence-electron chi connectivity index (χ3n) is 9.77. The minimum absolute atomic E-state index is 0.0310. The number of thioether (sulfide) groups is 2. The number of hydrogen-bond acceptors (Lipinski definition) is 20. The maximum Gasteiger partial charge on any atom is 0.414 e. The lowest BCUT2D eigenvalue weighted by Gasteiger charge is -2.22. The van der Waals surface area contributed by atoms with E-state index >= 15 is 0 Å². The van der Waals surface area contributed by atoms with Crippen LogP contribution in [0.15, 0.2) is 56.4 Å². The van der Waals surface area contributed by atoms with E-state index in [1.165, 1.54) is 53.9 Å². The zero-order chi connectivity index (χ0) is 63.0. The molecule has 3 rings (SSSR count). The number of guanidine groups is 2. The molecule has 0 saturated carbocycles. The average Bonchev–Trinajstić information content (AvgIpc) is 3.48. The Morgan fingerprint density at radius 1 is 0.476 bits per heavy atom. The molecule has 4 radical (unpaired) electrons. The van der Waals surface area contributed by atoms with Crippen LogP contribution in [0.4, 0.5) is 41.9 Å². The molecule has 12 N–H and O–H groups in total. The summed E-state index contributed by atoms with van der Waals surface area (Å²) in [5.74, 6) is -1.90. The maximum absolute atomic E-state index is 13.9. The summed E-state index contributed by atoms with van der Waals surface area (Å²) in [6.45, 7) is 20.9. The highest BCUT2D eigenvalue weighted by Crippen LogP contribution is 2.36. The summed E-state index contributed by atoms with van der Waals surface area (Å²) in [5, 5.41) is 20.9. The van der Waals surface area contributed by atoms with E-state index in [0.717, 1.165) is 6.33 Å². The zero-order valence-corrected chi connectivity index (χ0v) is 51.4. The Hall–Kier alpha value is -7.43. The van der Waals surface area contributed by atoms with E-state index in [4.69, 9.17) is 46.1 Å². The van der Waals surface area contributed by atoms with Gasteiger partial charge in [0.1, 0.15) is 55.8 Å². The second-order valence-electron chi connectivity index (χ2n) is 22.3. The summed E-state index contributed by atoms with van der Waals surface area (Å²) in [6.07, 6.45) is -0.871. The van der Waals surface area contributed by atoms with Crippen molar-refractivity contribution in [3.05, 3.63) is 48.0 Å². The first-order valence-electron chi connectivity index (χ1n) is 26.8. The van der Waals surface area contributed by atoms with Crippen LogP contribution in [0.1, 0.15) is 143 Å². The molecule has 0 aliphatic rings. The number of ether oxygens (including phenoxy) is 4. The van der Waals surface area contributed by atoms with Gasteiger partial charge < -0.3 is 51.7 Å². The van der Waals surface area contributed by atoms with E-state index in [1.54, 1.807) is 83.1 Å². The van der Waals surface area contributed by atoms with Crippen LogP contribution in [-0.4, -0.2) is 146 Å². The average molecular weight is 1200 g/mol. The molecule has 454 valence electrons. The minimum atomic E-state index is -0.844. The van der Waals surface area contributed by atoms with Crippen LogP contribution in [0.2, 0.25) is 0 Å². The molecule has 26 nitrogen and oxygen atoms in total. The van der Waals surface area contributed by atoms with Gasteiger partial charge in [-0.2, -0.15) is 0 Å². The second kappa shape index (κ2) is 33.2. The van der Waals surface area contributed by atoms with Crippen LogP contribution in [0.3, 0.4) is 0 Å². The van der Waals surface area contributed by atoms with Crippen molar-refractivity contribution < 1.29 is 57.3 Å². The number of nitrogens with one attached hydrogen (secondary N) is 8. The quantitative estimate of drug-likeness (QED) is 0.0144. The van der Waals surface area contributed by atoms with Gasteiger partial charge in [-0.1, -0.05) is 10.9 Å². The van der Waals surface area contributed by atoms with E-state index in [9.17, 15) is 38.4 Å². The van der Waals surface area contributed by atoms with Gasteiger partial charge in [-0.25, -0.2) is 29.1 Å². The highest BCUT2D eigenvalue weighted by atomic mass is 32.2. The van der Waals surface area contributed by atoms with E-state index in [-0.39, 0.29) is 84.6 Å². The minimum Gasteiger partial charge on any atom is -0.444 e. The van der Waals surface area contributed by atoms with E-state index in [2.05, 4.69) is 62.5 Å². The first-order valence-corrected chi connectivity index (χ1v) is 28.8. The van der Waals surface area contributed by atoms with E-state index in [1.807, 2.05) is 0 Å². The highest BCUT2D eigenvalue weighted by molar-refractivity contribution is 7.99. The van der Waals surface area contributed by atoms with Crippen LogP contribution >= 0.6 is 23.5 Å². The molecular formula is C54H78B2N14O12S2. The summed E-state index contributed by atoms with van der Waals surface area (Å²) in [7, 11) is 12.6. The van der Waals surface area contributed by atoms with Crippen molar-refractivity contribution in [2.45, 2.75) is 154 Å². The van der Waals surface area contributed by atoms with Gasteiger partial charge in [-0.3, -0.25) is 50.4 Å². The number of nitrogens with zero attached hydrogens (tertiary/aromatic N) is 4. The molecule has 0 unspecified atom stereocenters. The Morgan fingerprint density at radius 2 is 0.774 bits per heavy atom. The third-order valence-corrected chi connectivity index (χ3v) is 12.1. The molecule has 0 aliphatic heterocycles. The lowest BCUT2D eigenvalue weighted by molar-refractivity contribution is -0.117. The summed E-state index contributed by atoms with van der Waals surface area (Å²) >= 11 is 2.50. The Kier molecular flexibility index (Phi) is 28.0. The number of carbonyl (C=O) groups excluding carboxylic acids is 8.